The van der Waals surface area contributed by atoms with E-state index in [0.717, 1.165) is 19.6 Å². The molecule has 0 amide bonds. The molecular weight excluding hydrogens is 284 g/mol. The molecule has 0 saturated heterocycles. The van der Waals surface area contributed by atoms with E-state index in [1.165, 1.54) is 9.35 Å². The van der Waals surface area contributed by atoms with Crippen LogP contribution in [0.1, 0.15) is 4.88 Å². The molecule has 0 atom stereocenters. The Balaban J connectivity index is 0.00000169. The smallest absolute Gasteiger partial charge is 0.0325 e. The highest BCUT2D eigenvalue weighted by Gasteiger charge is 2.01. The van der Waals surface area contributed by atoms with Crippen molar-refractivity contribution in [2.45, 2.75) is 6.54 Å². The van der Waals surface area contributed by atoms with Gasteiger partial charge in [0.15, 0.2) is 0 Å². The van der Waals surface area contributed by atoms with Crippen molar-refractivity contribution in [3.63, 3.8) is 0 Å². The van der Waals surface area contributed by atoms with Crippen LogP contribution in [0.3, 0.4) is 0 Å². The normalized spacial score (nSPS) is 10.3. The third kappa shape index (κ3) is 5.32. The summed E-state index contributed by atoms with van der Waals surface area (Å²) in [4.78, 5) is 3.72. The van der Waals surface area contributed by atoms with Crippen molar-refractivity contribution < 1.29 is 0 Å². The zero-order chi connectivity index (χ0) is 9.68. The number of halogens is 2. The van der Waals surface area contributed by atoms with E-state index in [9.17, 15) is 0 Å². The van der Waals surface area contributed by atoms with Gasteiger partial charge in [0.25, 0.3) is 0 Å². The number of nitrogens with zero attached hydrogens (tertiary/aromatic N) is 1. The molecule has 1 aromatic heterocycles. The van der Waals surface area contributed by atoms with Crippen molar-refractivity contribution >= 4 is 39.7 Å². The summed E-state index contributed by atoms with van der Waals surface area (Å²) < 4.78 is 1.19. The molecule has 0 aliphatic rings. The van der Waals surface area contributed by atoms with Crippen LogP contribution in [0.25, 0.3) is 0 Å². The van der Waals surface area contributed by atoms with Crippen LogP contribution < -0.4 is 5.32 Å². The van der Waals surface area contributed by atoms with Gasteiger partial charge in [0.2, 0.25) is 0 Å². The Labute approximate surface area is 104 Å². The van der Waals surface area contributed by atoms with Gasteiger partial charge in [0.1, 0.15) is 0 Å². The largest absolute Gasteiger partial charge is 0.318 e. The molecule has 0 bridgehead atoms. The molecule has 0 radical (unpaired) electrons. The molecule has 0 saturated carbocycles. The number of hydrogen-bond donors (Lipinski definition) is 1. The van der Waals surface area contributed by atoms with Gasteiger partial charge in [0, 0.05) is 34.4 Å². The Bertz CT molecular complexity index is 255. The Morgan fingerprint density at radius 2 is 2.29 bits per heavy atom. The first kappa shape index (κ1) is 14.4. The molecule has 0 spiro atoms. The number of likely N-dealkylation sites (N-methyl/N-ethyl adjacent to an activating group) is 2. The maximum Gasteiger partial charge on any atom is 0.0325 e. The van der Waals surface area contributed by atoms with Gasteiger partial charge in [-0.1, -0.05) is 0 Å². The van der Waals surface area contributed by atoms with E-state index in [1.54, 1.807) is 11.3 Å². The highest BCUT2D eigenvalue weighted by atomic mass is 79.9. The van der Waals surface area contributed by atoms with Crippen LogP contribution in [0.2, 0.25) is 0 Å². The summed E-state index contributed by atoms with van der Waals surface area (Å²) in [6.07, 6.45) is 0. The van der Waals surface area contributed by atoms with Crippen molar-refractivity contribution in [3.05, 3.63) is 20.8 Å². The first-order chi connectivity index (χ1) is 6.22. The summed E-state index contributed by atoms with van der Waals surface area (Å²) in [5.41, 5.74) is 0. The zero-order valence-electron chi connectivity index (χ0n) is 8.42. The fraction of sp³-hybridized carbons (Fsp3) is 0.556. The van der Waals surface area contributed by atoms with Gasteiger partial charge in [-0.05, 0) is 36.1 Å². The number of thiophene rings is 1. The quantitative estimate of drug-likeness (QED) is 0.899. The monoisotopic (exact) mass is 298 g/mol. The molecule has 1 rings (SSSR count). The van der Waals surface area contributed by atoms with Crippen LogP contribution in [0.15, 0.2) is 15.9 Å². The molecule has 0 aromatic carbocycles. The van der Waals surface area contributed by atoms with Crippen LogP contribution in [0.4, 0.5) is 0 Å². The summed E-state index contributed by atoms with van der Waals surface area (Å²) in [5, 5.41) is 5.27. The lowest BCUT2D eigenvalue weighted by molar-refractivity contribution is 0.331. The van der Waals surface area contributed by atoms with Crippen molar-refractivity contribution in [2.24, 2.45) is 0 Å². The molecule has 0 unspecified atom stereocenters. The number of hydrogen-bond acceptors (Lipinski definition) is 3. The zero-order valence-corrected chi connectivity index (χ0v) is 11.6. The fourth-order valence-corrected chi connectivity index (χ4v) is 2.61. The van der Waals surface area contributed by atoms with E-state index in [2.05, 4.69) is 44.6 Å². The Kier molecular flexibility index (Phi) is 7.86. The number of nitrogens with one attached hydrogen (secondary N) is 1. The Hall–Kier alpha value is 0.390. The summed E-state index contributed by atoms with van der Waals surface area (Å²) in [5.74, 6) is 0. The maximum atomic E-state index is 3.45. The highest BCUT2D eigenvalue weighted by Crippen LogP contribution is 2.20. The van der Waals surface area contributed by atoms with Crippen LogP contribution >= 0.6 is 39.7 Å². The second-order valence-corrected chi connectivity index (χ2v) is 4.98. The van der Waals surface area contributed by atoms with Crippen LogP contribution in [0, 0.1) is 0 Å². The summed E-state index contributed by atoms with van der Waals surface area (Å²) in [6.45, 7) is 3.17. The van der Waals surface area contributed by atoms with Gasteiger partial charge in [-0.15, -0.1) is 23.7 Å². The molecule has 82 valence electrons. The van der Waals surface area contributed by atoms with Gasteiger partial charge < -0.3 is 10.2 Å². The predicted octanol–water partition coefficient (Wildman–Crippen LogP) is 2.58. The van der Waals surface area contributed by atoms with Crippen molar-refractivity contribution in [1.82, 2.24) is 10.2 Å². The first-order valence-corrected chi connectivity index (χ1v) is 5.95. The van der Waals surface area contributed by atoms with E-state index in [-0.39, 0.29) is 12.4 Å². The third-order valence-electron chi connectivity index (χ3n) is 1.79. The standard InChI is InChI=1S/C9H15BrN2S.ClH/c1-11-3-4-12(2)6-9-5-8(10)7-13-9;/h5,7,11H,3-4,6H2,1-2H3;1H. The van der Waals surface area contributed by atoms with Gasteiger partial charge in [-0.2, -0.15) is 0 Å². The van der Waals surface area contributed by atoms with Gasteiger partial charge in [-0.25, -0.2) is 0 Å². The van der Waals surface area contributed by atoms with Gasteiger partial charge in [0.05, 0.1) is 0 Å². The molecule has 5 heteroatoms. The lowest BCUT2D eigenvalue weighted by Gasteiger charge is -2.14. The number of rotatable bonds is 5. The molecule has 0 aliphatic carbocycles. The SMILES string of the molecule is CNCCN(C)Cc1cc(Br)cs1.Cl. The fourth-order valence-electron chi connectivity index (χ4n) is 1.08. The van der Waals surface area contributed by atoms with Crippen LogP contribution in [0.5, 0.6) is 0 Å². The molecular formula is C9H16BrClN2S. The minimum atomic E-state index is 0. The van der Waals surface area contributed by atoms with E-state index in [1.807, 2.05) is 7.05 Å². The average Bonchev–Trinajstić information content (AvgIpc) is 2.48. The molecule has 0 fully saturated rings. The molecule has 1 heterocycles. The Morgan fingerprint density at radius 3 is 2.79 bits per heavy atom. The van der Waals surface area contributed by atoms with Crippen molar-refractivity contribution in [3.8, 4) is 0 Å². The molecule has 1 aromatic rings. The highest BCUT2D eigenvalue weighted by molar-refractivity contribution is 9.10. The molecule has 1 N–H and O–H groups in total. The van der Waals surface area contributed by atoms with E-state index in [4.69, 9.17) is 0 Å². The van der Waals surface area contributed by atoms with Crippen LogP contribution in [-0.4, -0.2) is 32.1 Å². The molecule has 2 nitrogen and oxygen atoms in total. The van der Waals surface area contributed by atoms with Gasteiger partial charge in [-0.3, -0.25) is 0 Å². The summed E-state index contributed by atoms with van der Waals surface area (Å²) in [7, 11) is 4.13. The van der Waals surface area contributed by atoms with Crippen molar-refractivity contribution in [2.75, 3.05) is 27.2 Å². The summed E-state index contributed by atoms with van der Waals surface area (Å²) in [6, 6.07) is 2.18. The maximum absolute atomic E-state index is 3.45. The third-order valence-corrected chi connectivity index (χ3v) is 3.47. The Morgan fingerprint density at radius 1 is 1.57 bits per heavy atom. The summed E-state index contributed by atoms with van der Waals surface area (Å²) >= 11 is 5.26. The van der Waals surface area contributed by atoms with E-state index >= 15 is 0 Å². The van der Waals surface area contributed by atoms with E-state index < -0.39 is 0 Å². The average molecular weight is 300 g/mol. The second kappa shape index (κ2) is 7.65. The minimum Gasteiger partial charge on any atom is -0.318 e. The predicted molar refractivity (Wildman–Crippen MR) is 69.5 cm³/mol. The first-order valence-electron chi connectivity index (χ1n) is 4.28. The minimum absolute atomic E-state index is 0. The lowest BCUT2D eigenvalue weighted by Crippen LogP contribution is -2.26. The van der Waals surface area contributed by atoms with E-state index in [0.29, 0.717) is 0 Å². The lowest BCUT2D eigenvalue weighted by atomic mass is 10.4. The van der Waals surface area contributed by atoms with Gasteiger partial charge >= 0.3 is 0 Å². The molecule has 14 heavy (non-hydrogen) atoms. The molecule has 0 aliphatic heterocycles. The van der Waals surface area contributed by atoms with Crippen molar-refractivity contribution in [1.29, 1.82) is 0 Å². The topological polar surface area (TPSA) is 15.3 Å². The van der Waals surface area contributed by atoms with Crippen LogP contribution in [-0.2, 0) is 6.54 Å². The second-order valence-electron chi connectivity index (χ2n) is 3.07.